The normalized spacial score (nSPS) is 13.9. The van der Waals surface area contributed by atoms with Crippen molar-refractivity contribution in [3.63, 3.8) is 0 Å². The van der Waals surface area contributed by atoms with E-state index in [1.54, 1.807) is 0 Å². The van der Waals surface area contributed by atoms with Gasteiger partial charge in [-0.1, -0.05) is 0 Å². The molecule has 1 aromatic carbocycles. The third-order valence-corrected chi connectivity index (χ3v) is 2.43. The monoisotopic (exact) mass is 228 g/mol. The van der Waals surface area contributed by atoms with Gasteiger partial charge in [-0.3, -0.25) is 0 Å². The molecule has 0 aliphatic carbocycles. The van der Waals surface area contributed by atoms with E-state index in [9.17, 15) is 9.50 Å². The van der Waals surface area contributed by atoms with Crippen molar-refractivity contribution in [3.8, 4) is 17.2 Å². The number of phenolic OH excluding ortho intramolecular Hbond substituents is 1. The lowest BCUT2D eigenvalue weighted by molar-refractivity contribution is 0.167. The summed E-state index contributed by atoms with van der Waals surface area (Å²) in [6, 6.07) is 1.21. The van der Waals surface area contributed by atoms with Crippen LogP contribution in [0.2, 0.25) is 0 Å². The summed E-state index contributed by atoms with van der Waals surface area (Å²) in [6.07, 6.45) is 0.721. The number of fused-ring (bicyclic) bond motifs is 1. The van der Waals surface area contributed by atoms with Crippen molar-refractivity contribution >= 4 is 0 Å². The summed E-state index contributed by atoms with van der Waals surface area (Å²) < 4.78 is 24.2. The minimum atomic E-state index is -0.697. The molecule has 0 fully saturated rings. The molecule has 0 aromatic heterocycles. The summed E-state index contributed by atoms with van der Waals surface area (Å²) in [5.74, 6) is -0.442. The maximum atomic E-state index is 13.6. The van der Waals surface area contributed by atoms with Crippen LogP contribution in [0.5, 0.6) is 17.2 Å². The van der Waals surface area contributed by atoms with Crippen LogP contribution in [-0.4, -0.2) is 30.0 Å². The highest BCUT2D eigenvalue weighted by Crippen LogP contribution is 2.40. The first-order valence-electron chi connectivity index (χ1n) is 5.15. The zero-order chi connectivity index (χ0) is 11.5. The van der Waals surface area contributed by atoms with Gasteiger partial charge in [-0.15, -0.1) is 0 Å². The van der Waals surface area contributed by atoms with Gasteiger partial charge in [0, 0.05) is 18.2 Å². The van der Waals surface area contributed by atoms with Gasteiger partial charge < -0.3 is 19.7 Å². The van der Waals surface area contributed by atoms with Gasteiger partial charge in [-0.05, 0) is 12.8 Å². The Morgan fingerprint density at radius 3 is 2.81 bits per heavy atom. The number of benzene rings is 1. The smallest absolute Gasteiger partial charge is 0.171 e. The molecule has 88 valence electrons. The molecule has 4 nitrogen and oxygen atoms in total. The minimum absolute atomic E-state index is 0.0370. The quantitative estimate of drug-likeness (QED) is 0.816. The van der Waals surface area contributed by atoms with Gasteiger partial charge in [0.25, 0.3) is 0 Å². The van der Waals surface area contributed by atoms with Gasteiger partial charge in [0.15, 0.2) is 23.1 Å². The molecule has 1 aliphatic heterocycles. The number of aliphatic hydroxyl groups is 1. The summed E-state index contributed by atoms with van der Waals surface area (Å²) in [4.78, 5) is 0. The van der Waals surface area contributed by atoms with Crippen LogP contribution in [-0.2, 0) is 6.42 Å². The number of halogens is 1. The molecule has 0 amide bonds. The van der Waals surface area contributed by atoms with E-state index in [1.165, 1.54) is 6.07 Å². The molecule has 0 bridgehead atoms. The van der Waals surface area contributed by atoms with Crippen LogP contribution in [0.25, 0.3) is 0 Å². The third-order valence-electron chi connectivity index (χ3n) is 2.43. The van der Waals surface area contributed by atoms with Gasteiger partial charge in [0.1, 0.15) is 13.2 Å². The van der Waals surface area contributed by atoms with E-state index in [0.717, 1.165) is 0 Å². The predicted molar refractivity (Wildman–Crippen MR) is 54.5 cm³/mol. The number of aromatic hydroxyl groups is 1. The van der Waals surface area contributed by atoms with Crippen molar-refractivity contribution < 1.29 is 24.1 Å². The fourth-order valence-corrected chi connectivity index (χ4v) is 1.70. The maximum absolute atomic E-state index is 13.6. The molecule has 1 aliphatic rings. The summed E-state index contributed by atoms with van der Waals surface area (Å²) in [6.45, 7) is 0.714. The van der Waals surface area contributed by atoms with Crippen LogP contribution in [0, 0.1) is 5.82 Å². The van der Waals surface area contributed by atoms with Crippen molar-refractivity contribution in [1.82, 2.24) is 0 Å². The number of ether oxygens (including phenoxy) is 2. The first kappa shape index (κ1) is 11.0. The minimum Gasteiger partial charge on any atom is -0.505 e. The molecule has 16 heavy (non-hydrogen) atoms. The summed E-state index contributed by atoms with van der Waals surface area (Å²) in [5, 5.41) is 18.1. The average Bonchev–Trinajstić information content (AvgIpc) is 2.30. The Kier molecular flexibility index (Phi) is 3.14. The molecule has 1 heterocycles. The molecule has 1 aromatic rings. The van der Waals surface area contributed by atoms with E-state index in [2.05, 4.69) is 0 Å². The van der Waals surface area contributed by atoms with Crippen LogP contribution >= 0.6 is 0 Å². The fraction of sp³-hybridized carbons (Fsp3) is 0.455. The summed E-state index contributed by atoms with van der Waals surface area (Å²) in [7, 11) is 0. The van der Waals surface area contributed by atoms with Gasteiger partial charge in [0.2, 0.25) is 0 Å². The highest BCUT2D eigenvalue weighted by molar-refractivity contribution is 5.53. The Morgan fingerprint density at radius 1 is 1.31 bits per heavy atom. The van der Waals surface area contributed by atoms with Crippen molar-refractivity contribution in [2.75, 3.05) is 19.8 Å². The Hall–Kier alpha value is -1.49. The molecular weight excluding hydrogens is 215 g/mol. The second-order valence-electron chi connectivity index (χ2n) is 3.54. The summed E-state index contributed by atoms with van der Waals surface area (Å²) in [5.41, 5.74) is 0.267. The van der Waals surface area contributed by atoms with Crippen LogP contribution in [0.1, 0.15) is 12.0 Å². The van der Waals surface area contributed by atoms with Crippen LogP contribution in [0.3, 0.4) is 0 Å². The van der Waals surface area contributed by atoms with E-state index in [0.29, 0.717) is 37.6 Å². The number of rotatable bonds is 3. The van der Waals surface area contributed by atoms with Gasteiger partial charge in [-0.2, -0.15) is 0 Å². The maximum Gasteiger partial charge on any atom is 0.171 e. The lowest BCUT2D eigenvalue weighted by atomic mass is 10.1. The molecule has 2 N–H and O–H groups in total. The zero-order valence-corrected chi connectivity index (χ0v) is 8.70. The zero-order valence-electron chi connectivity index (χ0n) is 8.70. The van der Waals surface area contributed by atoms with Crippen LogP contribution in [0.15, 0.2) is 6.07 Å². The molecule has 5 heteroatoms. The van der Waals surface area contributed by atoms with Gasteiger partial charge in [0.05, 0.1) is 0 Å². The topological polar surface area (TPSA) is 58.9 Å². The first-order valence-corrected chi connectivity index (χ1v) is 5.15. The number of phenols is 1. The van der Waals surface area contributed by atoms with Crippen molar-refractivity contribution in [2.45, 2.75) is 12.8 Å². The van der Waals surface area contributed by atoms with Crippen molar-refractivity contribution in [3.05, 3.63) is 17.4 Å². The Labute approximate surface area is 92.2 Å². The Bertz CT molecular complexity index is 392. The molecule has 0 atom stereocenters. The Balaban J connectivity index is 2.41. The third kappa shape index (κ3) is 1.90. The fourth-order valence-electron chi connectivity index (χ4n) is 1.70. The SMILES string of the molecule is OCCCc1c(F)c(O)cc2c1OCCO2. The van der Waals surface area contributed by atoms with E-state index < -0.39 is 11.6 Å². The number of hydrogen-bond acceptors (Lipinski definition) is 4. The number of aliphatic hydroxyl groups excluding tert-OH is 1. The van der Waals surface area contributed by atoms with Crippen molar-refractivity contribution in [2.24, 2.45) is 0 Å². The second kappa shape index (κ2) is 4.57. The van der Waals surface area contributed by atoms with Crippen molar-refractivity contribution in [1.29, 1.82) is 0 Å². The average molecular weight is 228 g/mol. The van der Waals surface area contributed by atoms with Gasteiger partial charge >= 0.3 is 0 Å². The first-order chi connectivity index (χ1) is 7.74. The van der Waals surface area contributed by atoms with E-state index >= 15 is 0 Å². The second-order valence-corrected chi connectivity index (χ2v) is 3.54. The molecule has 0 spiro atoms. The highest BCUT2D eigenvalue weighted by Gasteiger charge is 2.22. The molecule has 0 saturated carbocycles. The molecule has 0 radical (unpaired) electrons. The largest absolute Gasteiger partial charge is 0.505 e. The van der Waals surface area contributed by atoms with Crippen LogP contribution in [0.4, 0.5) is 4.39 Å². The Morgan fingerprint density at radius 2 is 2.06 bits per heavy atom. The number of hydrogen-bond donors (Lipinski definition) is 2. The summed E-state index contributed by atoms with van der Waals surface area (Å²) >= 11 is 0. The van der Waals surface area contributed by atoms with E-state index in [4.69, 9.17) is 14.6 Å². The lowest BCUT2D eigenvalue weighted by Gasteiger charge is -2.21. The van der Waals surface area contributed by atoms with E-state index in [-0.39, 0.29) is 12.2 Å². The molecule has 2 rings (SSSR count). The molecular formula is C11H13FO4. The predicted octanol–water partition coefficient (Wildman–Crippen LogP) is 1.23. The highest BCUT2D eigenvalue weighted by atomic mass is 19.1. The molecule has 0 saturated heterocycles. The molecule has 0 unspecified atom stereocenters. The van der Waals surface area contributed by atoms with Gasteiger partial charge in [-0.25, -0.2) is 4.39 Å². The lowest BCUT2D eigenvalue weighted by Crippen LogP contribution is -2.17. The van der Waals surface area contributed by atoms with Crippen LogP contribution < -0.4 is 9.47 Å². The standard InChI is InChI=1S/C11H13FO4/c12-10-7(2-1-3-13)11-9(6-8(10)14)15-4-5-16-11/h6,13-14H,1-5H2. The van der Waals surface area contributed by atoms with E-state index in [1.807, 2.05) is 0 Å².